The molecule has 2 aromatic carbocycles. The second kappa shape index (κ2) is 18.9. The van der Waals surface area contributed by atoms with Crippen LogP contribution in [0.4, 0.5) is 9.59 Å². The summed E-state index contributed by atoms with van der Waals surface area (Å²) in [4.78, 5) is 74.4. The van der Waals surface area contributed by atoms with E-state index in [9.17, 15) is 24.0 Å². The highest BCUT2D eigenvalue weighted by Gasteiger charge is 2.52. The lowest BCUT2D eigenvalue weighted by molar-refractivity contribution is -0.781. The number of benzene rings is 2. The predicted molar refractivity (Wildman–Crippen MR) is 177 cm³/mol. The lowest BCUT2D eigenvalue weighted by Gasteiger charge is -2.42. The second-order valence-corrected chi connectivity index (χ2v) is 12.5. The van der Waals surface area contributed by atoms with Crippen LogP contribution in [0.3, 0.4) is 0 Å². The van der Waals surface area contributed by atoms with Gasteiger partial charge in [-0.3, -0.25) is 24.6 Å². The first-order valence-corrected chi connectivity index (χ1v) is 16.8. The van der Waals surface area contributed by atoms with Gasteiger partial charge in [-0.2, -0.15) is 4.48 Å². The summed E-state index contributed by atoms with van der Waals surface area (Å²) in [5, 5.41) is 2.88. The predicted octanol–water partition coefficient (Wildman–Crippen LogP) is 5.53. The summed E-state index contributed by atoms with van der Waals surface area (Å²) in [7, 11) is 0. The first-order valence-electron chi connectivity index (χ1n) is 16.8. The number of hydrogen-bond acceptors (Lipinski definition) is 7. The normalized spacial score (nSPS) is 15.4. The molecule has 0 bridgehead atoms. The number of quaternary nitrogens is 1. The van der Waals surface area contributed by atoms with Crippen LogP contribution in [-0.2, 0) is 37.2 Å². The Balaban J connectivity index is 1.80. The number of piperazine rings is 1. The third kappa shape index (κ3) is 11.0. The van der Waals surface area contributed by atoms with Crippen LogP contribution in [0.5, 0.6) is 0 Å². The number of ketones is 1. The molecule has 1 saturated heterocycles. The fourth-order valence-electron chi connectivity index (χ4n) is 5.76. The summed E-state index contributed by atoms with van der Waals surface area (Å²) >= 11 is 0. The van der Waals surface area contributed by atoms with Crippen molar-refractivity contribution in [2.24, 2.45) is 11.8 Å². The molecule has 1 fully saturated rings. The molecule has 2 aromatic rings. The van der Waals surface area contributed by atoms with Gasteiger partial charge < -0.3 is 4.74 Å². The molecular weight excluding hydrogens is 600 g/mol. The molecule has 2 N–H and O–H groups in total. The minimum atomic E-state index is -0.774. The Morgan fingerprint density at radius 2 is 1.45 bits per heavy atom. The number of carbonyl (C=O) groups excluding carboxylic acids is 5. The van der Waals surface area contributed by atoms with Gasteiger partial charge in [0.15, 0.2) is 5.78 Å². The van der Waals surface area contributed by atoms with Crippen LogP contribution >= 0.6 is 0 Å². The third-order valence-corrected chi connectivity index (χ3v) is 8.62. The minimum absolute atomic E-state index is 0.00730. The van der Waals surface area contributed by atoms with E-state index in [1.807, 2.05) is 74.5 Å². The Morgan fingerprint density at radius 3 is 2.00 bits per heavy atom. The number of imide groups is 1. The average Bonchev–Trinajstić information content (AvgIpc) is 3.09. The Bertz CT molecular complexity index is 1310. The van der Waals surface area contributed by atoms with Crippen LogP contribution < -0.4 is 10.8 Å². The standard InChI is InChI=1S/C36H50N4O7/c1-5-7-10-19-30(24-32(42)38-47-26-29-17-13-9-14-18-29)34(43)40(35(44)37-33(27(3)4)31(41)6-2)22-20-39(21-23-40)36(45)46-25-28-15-11-8-12-16-28/h8-9,11-18,27,30,33H,5-7,10,19-26H2,1-4H3,(H-,37,38,42,44)/p+1/t30-,33+/m1/s1. The van der Waals surface area contributed by atoms with Crippen molar-refractivity contribution < 1.29 is 38.0 Å². The zero-order chi connectivity index (χ0) is 34.2. The Kier molecular flexibility index (Phi) is 15.0. The molecule has 0 saturated carbocycles. The summed E-state index contributed by atoms with van der Waals surface area (Å²) in [6.07, 6.45) is 2.45. The molecule has 5 amide bonds. The number of carbonyl (C=O) groups is 5. The largest absolute Gasteiger partial charge is 0.445 e. The molecule has 1 heterocycles. The van der Waals surface area contributed by atoms with Crippen LogP contribution in [0.1, 0.15) is 77.3 Å². The molecule has 11 heteroatoms. The average molecular weight is 652 g/mol. The molecular formula is C36H51N4O7+. The van der Waals surface area contributed by atoms with Gasteiger partial charge in [-0.05, 0) is 23.5 Å². The van der Waals surface area contributed by atoms with Gasteiger partial charge >= 0.3 is 18.0 Å². The number of hydroxylamine groups is 1. The van der Waals surface area contributed by atoms with Gasteiger partial charge in [0.05, 0.1) is 31.7 Å². The molecule has 0 aromatic heterocycles. The van der Waals surface area contributed by atoms with E-state index in [1.165, 1.54) is 4.90 Å². The SMILES string of the molecule is CCCCC[C@H](CC(=O)NOCc1ccccc1)C(=O)[N+]1(C(=O)N[C@H](C(=O)CC)C(C)C)CCN(C(=O)OCc2ccccc2)CC1. The number of ether oxygens (including phenoxy) is 1. The van der Waals surface area contributed by atoms with E-state index in [-0.39, 0.29) is 63.9 Å². The monoisotopic (exact) mass is 651 g/mol. The van der Waals surface area contributed by atoms with Crippen molar-refractivity contribution in [3.05, 3.63) is 71.8 Å². The maximum atomic E-state index is 14.5. The van der Waals surface area contributed by atoms with Crippen molar-refractivity contribution in [1.29, 1.82) is 0 Å². The summed E-state index contributed by atoms with van der Waals surface area (Å²) in [5.41, 5.74) is 4.18. The van der Waals surface area contributed by atoms with E-state index in [1.54, 1.807) is 6.92 Å². The maximum absolute atomic E-state index is 14.5. The molecule has 47 heavy (non-hydrogen) atoms. The summed E-state index contributed by atoms with van der Waals surface area (Å²) in [6, 6.07) is 17.4. The molecule has 11 nitrogen and oxygen atoms in total. The number of urea groups is 1. The molecule has 0 spiro atoms. The smallest absolute Gasteiger partial charge is 0.424 e. The topological polar surface area (TPSA) is 131 Å². The minimum Gasteiger partial charge on any atom is -0.445 e. The number of unbranched alkanes of at least 4 members (excludes halogenated alkanes) is 2. The van der Waals surface area contributed by atoms with E-state index in [2.05, 4.69) is 17.7 Å². The van der Waals surface area contributed by atoms with E-state index in [0.717, 1.165) is 24.0 Å². The van der Waals surface area contributed by atoms with Crippen LogP contribution in [0, 0.1) is 11.8 Å². The van der Waals surface area contributed by atoms with Crippen molar-refractivity contribution in [2.45, 2.75) is 85.5 Å². The summed E-state index contributed by atoms with van der Waals surface area (Å²) < 4.78 is 4.90. The van der Waals surface area contributed by atoms with Crippen molar-refractivity contribution in [1.82, 2.24) is 15.7 Å². The van der Waals surface area contributed by atoms with Crippen LogP contribution in [0.2, 0.25) is 0 Å². The van der Waals surface area contributed by atoms with Crippen LogP contribution in [0.25, 0.3) is 0 Å². The third-order valence-electron chi connectivity index (χ3n) is 8.62. The van der Waals surface area contributed by atoms with E-state index >= 15 is 0 Å². The molecule has 2 atom stereocenters. The quantitative estimate of drug-likeness (QED) is 0.139. The number of rotatable bonds is 16. The van der Waals surface area contributed by atoms with Gasteiger partial charge in [0.2, 0.25) is 5.91 Å². The van der Waals surface area contributed by atoms with E-state index in [0.29, 0.717) is 12.8 Å². The number of Topliss-reactive ketones (excluding diaryl/α,β-unsaturated/α-hetero) is 1. The van der Waals surface area contributed by atoms with Crippen molar-refractivity contribution in [3.63, 3.8) is 0 Å². The Labute approximate surface area is 278 Å². The number of hydrogen-bond donors (Lipinski definition) is 2. The van der Waals surface area contributed by atoms with Gasteiger partial charge in [0.1, 0.15) is 19.7 Å². The fourth-order valence-corrected chi connectivity index (χ4v) is 5.76. The van der Waals surface area contributed by atoms with Gasteiger partial charge in [0.25, 0.3) is 0 Å². The molecule has 256 valence electrons. The van der Waals surface area contributed by atoms with Gasteiger partial charge in [-0.25, -0.2) is 19.9 Å². The van der Waals surface area contributed by atoms with E-state index < -0.39 is 40.4 Å². The highest BCUT2D eigenvalue weighted by atomic mass is 16.6. The lowest BCUT2D eigenvalue weighted by atomic mass is 9.94. The summed E-state index contributed by atoms with van der Waals surface area (Å²) in [6.45, 7) is 7.92. The molecule has 3 rings (SSSR count). The Morgan fingerprint density at radius 1 is 0.851 bits per heavy atom. The Hall–Kier alpha value is -4.09. The van der Waals surface area contributed by atoms with Gasteiger partial charge in [-0.15, -0.1) is 0 Å². The lowest BCUT2D eigenvalue weighted by Crippen LogP contribution is -2.71. The number of nitrogens with one attached hydrogen (secondary N) is 2. The maximum Gasteiger partial charge on any atom is 0.424 e. The van der Waals surface area contributed by atoms with Crippen LogP contribution in [0.15, 0.2) is 60.7 Å². The molecule has 1 aliphatic rings. The first-order chi connectivity index (χ1) is 22.6. The van der Waals surface area contributed by atoms with Gasteiger partial charge in [-0.1, -0.05) is 108 Å². The number of amides is 5. The molecule has 1 aliphatic heterocycles. The first kappa shape index (κ1) is 37.4. The molecule has 0 radical (unpaired) electrons. The summed E-state index contributed by atoms with van der Waals surface area (Å²) in [5.74, 6) is -1.96. The fraction of sp³-hybridized carbons (Fsp3) is 0.528. The molecule has 0 unspecified atom stereocenters. The van der Waals surface area contributed by atoms with Crippen molar-refractivity contribution >= 4 is 29.7 Å². The van der Waals surface area contributed by atoms with Crippen molar-refractivity contribution in [2.75, 3.05) is 26.2 Å². The highest BCUT2D eigenvalue weighted by Crippen LogP contribution is 2.26. The highest BCUT2D eigenvalue weighted by molar-refractivity contribution is 5.92. The second-order valence-electron chi connectivity index (χ2n) is 12.5. The zero-order valence-corrected chi connectivity index (χ0v) is 28.2. The zero-order valence-electron chi connectivity index (χ0n) is 28.2. The van der Waals surface area contributed by atoms with Crippen molar-refractivity contribution in [3.8, 4) is 0 Å². The molecule has 0 aliphatic carbocycles. The van der Waals surface area contributed by atoms with Gasteiger partial charge in [0, 0.05) is 12.8 Å². The van der Waals surface area contributed by atoms with E-state index in [4.69, 9.17) is 9.57 Å². The van der Waals surface area contributed by atoms with Crippen LogP contribution in [-0.4, -0.2) is 71.3 Å². The number of nitrogens with zero attached hydrogens (tertiary/aromatic N) is 2.